The second-order valence-corrected chi connectivity index (χ2v) is 7.39. The molecule has 1 saturated heterocycles. The third kappa shape index (κ3) is 4.75. The maximum atomic E-state index is 5.36. The molecule has 6 nitrogen and oxygen atoms in total. The summed E-state index contributed by atoms with van der Waals surface area (Å²) in [6.07, 6.45) is 0. The van der Waals surface area contributed by atoms with Crippen molar-refractivity contribution in [3.8, 4) is 0 Å². The number of ether oxygens (including phenoxy) is 1. The molecule has 0 spiro atoms. The molecule has 2 aromatic heterocycles. The molecule has 0 atom stereocenters. The van der Waals surface area contributed by atoms with Crippen LogP contribution in [0.25, 0.3) is 22.1 Å². The van der Waals surface area contributed by atoms with Crippen molar-refractivity contribution in [3.63, 3.8) is 0 Å². The molecule has 3 heterocycles. The van der Waals surface area contributed by atoms with Gasteiger partial charge in [0.15, 0.2) is 5.65 Å². The van der Waals surface area contributed by atoms with E-state index < -0.39 is 0 Å². The lowest BCUT2D eigenvalue weighted by molar-refractivity contribution is 0.0410. The Morgan fingerprint density at radius 2 is 2.00 bits per heavy atom. The first-order chi connectivity index (χ1) is 11.3. The van der Waals surface area contributed by atoms with Crippen LogP contribution in [0.1, 0.15) is 0 Å². The van der Waals surface area contributed by atoms with Gasteiger partial charge in [-0.2, -0.15) is 0 Å². The van der Waals surface area contributed by atoms with Crippen molar-refractivity contribution in [2.24, 2.45) is 0 Å². The lowest BCUT2D eigenvalue weighted by Gasteiger charge is -2.26. The van der Waals surface area contributed by atoms with E-state index in [-0.39, 0.29) is 24.8 Å². The van der Waals surface area contributed by atoms with Crippen molar-refractivity contribution in [3.05, 3.63) is 22.7 Å². The van der Waals surface area contributed by atoms with Crippen molar-refractivity contribution in [2.45, 2.75) is 5.16 Å². The fraction of sp³-hybridized carbons (Fsp3) is 0.400. The fourth-order valence-electron chi connectivity index (χ4n) is 2.68. The number of nitrogens with zero attached hydrogens (tertiary/aromatic N) is 4. The van der Waals surface area contributed by atoms with Gasteiger partial charge in [0.2, 0.25) is 5.16 Å². The van der Waals surface area contributed by atoms with Gasteiger partial charge >= 0.3 is 0 Å². The summed E-state index contributed by atoms with van der Waals surface area (Å²) >= 11 is 5.13. The van der Waals surface area contributed by atoms with Gasteiger partial charge < -0.3 is 9.72 Å². The van der Waals surface area contributed by atoms with Gasteiger partial charge in [0.25, 0.3) is 0 Å². The molecule has 0 amide bonds. The fourth-order valence-corrected chi connectivity index (χ4v) is 3.83. The third-order valence-corrected chi connectivity index (χ3v) is 5.21. The van der Waals surface area contributed by atoms with E-state index in [0.29, 0.717) is 0 Å². The number of H-pyrrole nitrogens is 1. The molecule has 0 bridgehead atoms. The average molecular weight is 467 g/mol. The first-order valence-corrected chi connectivity index (χ1v) is 9.32. The highest BCUT2D eigenvalue weighted by atomic mass is 79.9. The minimum absolute atomic E-state index is 0. The van der Waals surface area contributed by atoms with E-state index >= 15 is 0 Å². The van der Waals surface area contributed by atoms with Crippen molar-refractivity contribution in [1.82, 2.24) is 25.1 Å². The molecule has 136 valence electrons. The summed E-state index contributed by atoms with van der Waals surface area (Å²) in [5.41, 5.74) is 2.64. The second kappa shape index (κ2) is 9.34. The van der Waals surface area contributed by atoms with Crippen molar-refractivity contribution in [1.29, 1.82) is 0 Å². The molecule has 1 fully saturated rings. The number of aromatic nitrogens is 4. The molecule has 25 heavy (non-hydrogen) atoms. The van der Waals surface area contributed by atoms with Crippen molar-refractivity contribution in [2.75, 3.05) is 38.6 Å². The molecule has 1 aliphatic rings. The third-order valence-electron chi connectivity index (χ3n) is 3.90. The number of benzene rings is 1. The number of thioether (sulfide) groups is 1. The van der Waals surface area contributed by atoms with Gasteiger partial charge in [0.1, 0.15) is 5.52 Å². The number of fused-ring (bicyclic) bond motifs is 3. The van der Waals surface area contributed by atoms with E-state index in [1.165, 1.54) is 0 Å². The van der Waals surface area contributed by atoms with Crippen LogP contribution in [-0.2, 0) is 4.74 Å². The predicted octanol–water partition coefficient (Wildman–Crippen LogP) is 3.54. The highest BCUT2D eigenvalue weighted by Crippen LogP contribution is 2.26. The minimum atomic E-state index is 0. The van der Waals surface area contributed by atoms with E-state index in [9.17, 15) is 0 Å². The molecule has 1 aromatic carbocycles. The zero-order valence-electron chi connectivity index (χ0n) is 13.3. The van der Waals surface area contributed by atoms with Gasteiger partial charge in [-0.05, 0) is 18.2 Å². The molecule has 0 saturated carbocycles. The van der Waals surface area contributed by atoms with Crippen LogP contribution in [0.4, 0.5) is 0 Å². The van der Waals surface area contributed by atoms with E-state index in [0.717, 1.165) is 70.3 Å². The van der Waals surface area contributed by atoms with E-state index in [1.807, 2.05) is 18.2 Å². The first kappa shape index (κ1) is 20.7. The minimum Gasteiger partial charge on any atom is -0.379 e. The Morgan fingerprint density at radius 3 is 2.80 bits per heavy atom. The van der Waals surface area contributed by atoms with Crippen LogP contribution in [0, 0.1) is 0 Å². The Kier molecular flexibility index (Phi) is 7.72. The van der Waals surface area contributed by atoms with Crippen LogP contribution in [0.2, 0.25) is 0 Å². The molecule has 4 rings (SSSR count). The highest BCUT2D eigenvalue weighted by molar-refractivity contribution is 9.10. The molecule has 0 radical (unpaired) electrons. The van der Waals surface area contributed by atoms with Crippen LogP contribution in [0.15, 0.2) is 27.8 Å². The highest BCUT2D eigenvalue weighted by Gasteiger charge is 2.12. The van der Waals surface area contributed by atoms with Gasteiger partial charge in [-0.25, -0.2) is 4.98 Å². The molecule has 1 aliphatic heterocycles. The number of hydrogen-bond acceptors (Lipinski definition) is 6. The topological polar surface area (TPSA) is 66.9 Å². The van der Waals surface area contributed by atoms with Crippen molar-refractivity contribution < 1.29 is 4.74 Å². The molecule has 3 aromatic rings. The Bertz CT molecular complexity index is 843. The average Bonchev–Trinajstić information content (AvgIpc) is 2.93. The normalized spacial score (nSPS) is 15.1. The number of aromatic amines is 1. The number of morpholine rings is 1. The number of rotatable bonds is 4. The number of halogens is 3. The summed E-state index contributed by atoms with van der Waals surface area (Å²) < 4.78 is 6.38. The van der Waals surface area contributed by atoms with Crippen LogP contribution in [-0.4, -0.2) is 63.7 Å². The summed E-state index contributed by atoms with van der Waals surface area (Å²) in [5, 5.41) is 10.4. The van der Waals surface area contributed by atoms with Gasteiger partial charge in [-0.15, -0.1) is 35.0 Å². The van der Waals surface area contributed by atoms with E-state index in [2.05, 4.69) is 41.0 Å². The smallest absolute Gasteiger partial charge is 0.211 e. The SMILES string of the molecule is Brc1ccc2[nH]c3nc(SCCN4CCOCC4)nnc3c2c1.Cl.Cl. The van der Waals surface area contributed by atoms with Crippen molar-refractivity contribution >= 4 is 74.6 Å². The Morgan fingerprint density at radius 1 is 1.20 bits per heavy atom. The van der Waals surface area contributed by atoms with E-state index in [4.69, 9.17) is 4.74 Å². The van der Waals surface area contributed by atoms with Gasteiger partial charge in [0.05, 0.1) is 13.2 Å². The molecule has 0 unspecified atom stereocenters. The summed E-state index contributed by atoms with van der Waals surface area (Å²) in [4.78, 5) is 10.3. The van der Waals surface area contributed by atoms with Gasteiger partial charge in [0, 0.05) is 40.8 Å². The Hall–Kier alpha value is -0.640. The molecular formula is C15H18BrCl2N5OS. The Balaban J connectivity index is 0.00000113. The predicted molar refractivity (Wildman–Crippen MR) is 109 cm³/mol. The summed E-state index contributed by atoms with van der Waals surface area (Å²) in [6, 6.07) is 6.06. The lowest BCUT2D eigenvalue weighted by Crippen LogP contribution is -2.37. The standard InChI is InChI=1S/C15H16BrN5OS.2ClH/c16-10-1-2-12-11(9-10)13-14(17-12)18-15(20-19-13)23-8-5-21-3-6-22-7-4-21;;/h1-2,9H,3-8H2,(H,17,18,20);2*1H. The quantitative estimate of drug-likeness (QED) is 0.593. The number of nitrogens with one attached hydrogen (secondary N) is 1. The summed E-state index contributed by atoms with van der Waals surface area (Å²) in [5.74, 6) is 0.957. The first-order valence-electron chi connectivity index (χ1n) is 7.54. The Labute approximate surface area is 170 Å². The zero-order valence-corrected chi connectivity index (χ0v) is 17.3. The molecule has 1 N–H and O–H groups in total. The molecule has 10 heteroatoms. The molecule has 0 aliphatic carbocycles. The maximum Gasteiger partial charge on any atom is 0.211 e. The van der Waals surface area contributed by atoms with Crippen LogP contribution in [0.5, 0.6) is 0 Å². The summed E-state index contributed by atoms with van der Waals surface area (Å²) in [7, 11) is 0. The van der Waals surface area contributed by atoms with Gasteiger partial charge in [-0.3, -0.25) is 4.90 Å². The largest absolute Gasteiger partial charge is 0.379 e. The monoisotopic (exact) mass is 465 g/mol. The zero-order chi connectivity index (χ0) is 15.6. The molecular weight excluding hydrogens is 449 g/mol. The maximum absolute atomic E-state index is 5.36. The van der Waals surface area contributed by atoms with Gasteiger partial charge in [-0.1, -0.05) is 27.7 Å². The van der Waals surface area contributed by atoms with Crippen LogP contribution >= 0.6 is 52.5 Å². The number of hydrogen-bond donors (Lipinski definition) is 1. The lowest BCUT2D eigenvalue weighted by atomic mass is 10.2. The van der Waals surface area contributed by atoms with Crippen LogP contribution in [0.3, 0.4) is 0 Å². The summed E-state index contributed by atoms with van der Waals surface area (Å²) in [6.45, 7) is 4.71. The van der Waals surface area contributed by atoms with E-state index in [1.54, 1.807) is 11.8 Å². The second-order valence-electron chi connectivity index (χ2n) is 5.41. The van der Waals surface area contributed by atoms with Crippen LogP contribution < -0.4 is 0 Å².